The molecule has 0 radical (unpaired) electrons. The molecule has 0 aromatic rings. The van der Waals surface area contributed by atoms with Crippen molar-refractivity contribution in [1.82, 2.24) is 0 Å². The largest absolute Gasteiger partial charge is 1.00 e. The van der Waals surface area contributed by atoms with Gasteiger partial charge in [0.1, 0.15) is 0 Å². The van der Waals surface area contributed by atoms with Crippen LogP contribution in [0.5, 0.6) is 0 Å². The van der Waals surface area contributed by atoms with E-state index in [1.807, 2.05) is 0 Å². The summed E-state index contributed by atoms with van der Waals surface area (Å²) in [4.78, 5) is 0. The fourth-order valence-corrected chi connectivity index (χ4v) is 0. The zero-order valence-electron chi connectivity index (χ0n) is 4.71. The van der Waals surface area contributed by atoms with Crippen LogP contribution in [0.2, 0.25) is 0 Å². The second-order valence-corrected chi connectivity index (χ2v) is 0. The first-order valence-corrected chi connectivity index (χ1v) is 0. The minimum atomic E-state index is 0. The van der Waals surface area contributed by atoms with Crippen molar-refractivity contribution in [3.05, 3.63) is 7.40 Å². The van der Waals surface area contributed by atoms with Crippen molar-refractivity contribution < 1.29 is 156 Å². The Morgan fingerprint density at radius 3 is 1.00 bits per heavy atom. The summed E-state index contributed by atoms with van der Waals surface area (Å²) in [5.41, 5.74) is 0. The van der Waals surface area contributed by atoms with Gasteiger partial charge in [-0.1, -0.05) is 0 Å². The monoisotopic (exact) mass is 133 g/mol. The van der Waals surface area contributed by atoms with Crippen molar-refractivity contribution >= 4 is 0 Å². The molecule has 0 saturated carbocycles. The Kier molecular flexibility index (Phi) is 62.5. The van der Waals surface area contributed by atoms with E-state index in [0.29, 0.717) is 0 Å². The Bertz CT molecular complexity index is 6.85. The zero-order valence-corrected chi connectivity index (χ0v) is 13.1. The fourth-order valence-electron chi connectivity index (χ4n) is 0. The topological polar surface area (TPSA) is 0 Å². The zero-order chi connectivity index (χ0) is 2.00. The van der Waals surface area contributed by atoms with Crippen molar-refractivity contribution in [2.45, 2.75) is 0 Å². The van der Waals surface area contributed by atoms with Crippen molar-refractivity contribution in [3.63, 3.8) is 0 Å². The van der Waals surface area contributed by atoms with Crippen LogP contribution in [0.4, 0.5) is 0 Å². The van der Waals surface area contributed by atoms with Gasteiger partial charge in [-0.3, -0.25) is 0 Å². The normalized spacial score (nSPS) is 1.75. The van der Waals surface area contributed by atoms with E-state index in [0.717, 1.165) is 0 Å². The molecule has 3 heteroatoms. The van der Waals surface area contributed by atoms with Gasteiger partial charge in [-0.15, -0.1) is 0 Å². The average Bonchev–Trinajstić information content (AvgIpc) is 1.00. The van der Waals surface area contributed by atoms with Crippen LogP contribution >= 0.6 is 0 Å². The molecule has 0 aliphatic rings. The van der Waals surface area contributed by atoms with Crippen LogP contribution in [0.1, 0.15) is 1.37 Å². The molecule has 0 saturated heterocycles. The summed E-state index contributed by atoms with van der Waals surface area (Å²) in [6.45, 7) is 0. The Labute approximate surface area is 157 Å². The smallest absolute Gasteiger partial charge is 0.358 e. The van der Waals surface area contributed by atoms with Gasteiger partial charge in [0, 0.05) is 0 Å². The number of rotatable bonds is 0. The molecule has 0 unspecified atom stereocenters. The summed E-state index contributed by atoms with van der Waals surface area (Å²) in [7, 11) is 2.50. The molecule has 8 valence electrons. The third kappa shape index (κ3) is 10.0. The Hall–Kier alpha value is 4.91. The van der Waals surface area contributed by atoms with Crippen molar-refractivity contribution in [3.8, 4) is 0 Å². The molecule has 0 rings (SSSR count). The first kappa shape index (κ1) is 16.0. The molecule has 0 fully saturated rings. The number of hydrogen-bond donors (Lipinski definition) is 0. The van der Waals surface area contributed by atoms with Gasteiger partial charge in [0.25, 0.3) is 0 Å². The third-order valence-electron chi connectivity index (χ3n) is 0. The van der Waals surface area contributed by atoms with E-state index in [2.05, 4.69) is 7.40 Å². The molecule has 0 spiro atoms. The van der Waals surface area contributed by atoms with Gasteiger partial charge in [0.15, 0.2) is 0 Å². The molecule has 0 aliphatic heterocycles. The third-order valence-corrected chi connectivity index (χ3v) is 0. The van der Waals surface area contributed by atoms with Gasteiger partial charge in [0.2, 0.25) is 0 Å². The average molecular weight is 133 g/mol. The van der Waals surface area contributed by atoms with Gasteiger partial charge < -0.3 is 7.40 Å². The minimum Gasteiger partial charge on any atom is -0.358 e. The Balaban J connectivity index is -0.00000000167. The fraction of sp³-hybridized carbons (Fsp3) is 0. The van der Waals surface area contributed by atoms with E-state index in [4.69, 9.17) is 1.37 Å². The van der Waals surface area contributed by atoms with Gasteiger partial charge in [-0.25, -0.2) is 1.37 Å². The molecule has 0 N–H and O–H groups in total. The maximum absolute atomic E-state index is 5.50. The van der Waals surface area contributed by atoms with Crippen molar-refractivity contribution in [2.75, 3.05) is 0 Å². The maximum Gasteiger partial charge on any atom is 1.00 e. The summed E-state index contributed by atoms with van der Waals surface area (Å²) in [6.07, 6.45) is 0. The van der Waals surface area contributed by atoms with Gasteiger partial charge in [-0.05, 0) is 0 Å². The first-order valence-electron chi connectivity index (χ1n) is 0.707. The molecule has 0 heterocycles. The molecule has 0 bridgehead atoms. The predicted octanol–water partition coefficient (Wildman–Crippen LogP) is -8.54. The molecule has 0 aromatic carbocycles. The summed E-state index contributed by atoms with van der Waals surface area (Å²) in [5, 5.41) is 0. The van der Waals surface area contributed by atoms with Crippen LogP contribution in [-0.2, 0) is 0 Å². The molecule has 0 nitrogen and oxygen atoms in total. The van der Waals surface area contributed by atoms with Gasteiger partial charge in [0.05, 0.1) is 0 Å². The van der Waals surface area contributed by atoms with E-state index in [1.54, 1.807) is 0 Å². The molecule has 0 atom stereocenters. The second kappa shape index (κ2) is 15.7. The van der Waals surface area contributed by atoms with Crippen LogP contribution in [0.25, 0.3) is 0 Å². The minimum absolute atomic E-state index is 0. The summed E-state index contributed by atoms with van der Waals surface area (Å²) in [5.74, 6) is 0. The summed E-state index contributed by atoms with van der Waals surface area (Å²) >= 11 is 0. The standard InChI is InChI=1S/CH3.3K/h1H3;;;/q-1;3*+1/i1D;;;. The number of hydrogen-bond acceptors (Lipinski definition) is 0. The quantitative estimate of drug-likeness (QED) is 0.227. The molecule has 0 aromatic heterocycles. The van der Waals surface area contributed by atoms with E-state index in [9.17, 15) is 0 Å². The van der Waals surface area contributed by atoms with Crippen molar-refractivity contribution in [1.29, 1.82) is 0 Å². The molecular formula is CH3K3+2. The van der Waals surface area contributed by atoms with Gasteiger partial charge >= 0.3 is 154 Å². The van der Waals surface area contributed by atoms with Crippen LogP contribution in [0, 0.1) is 7.40 Å². The van der Waals surface area contributed by atoms with Crippen LogP contribution < -0.4 is 154 Å². The first-order chi connectivity index (χ1) is 1.00. The summed E-state index contributed by atoms with van der Waals surface area (Å²) < 4.78 is 5.50. The molecule has 0 aliphatic carbocycles. The van der Waals surface area contributed by atoms with Crippen LogP contribution in [0.15, 0.2) is 0 Å². The van der Waals surface area contributed by atoms with E-state index >= 15 is 0 Å². The van der Waals surface area contributed by atoms with Crippen LogP contribution in [0.3, 0.4) is 0 Å². The van der Waals surface area contributed by atoms with Crippen molar-refractivity contribution in [2.24, 2.45) is 0 Å². The molecule has 0 amide bonds. The Morgan fingerprint density at radius 2 is 1.00 bits per heavy atom. The van der Waals surface area contributed by atoms with E-state index < -0.39 is 0 Å². The van der Waals surface area contributed by atoms with E-state index in [-0.39, 0.29) is 154 Å². The molecular weight excluding hydrogens is 129 g/mol. The SMILES string of the molecule is [2H][CH2-].[K+].[K+].[K+]. The van der Waals surface area contributed by atoms with Crippen LogP contribution in [-0.4, -0.2) is 0 Å². The molecule has 4 heavy (non-hydrogen) atoms. The Morgan fingerprint density at radius 1 is 1.00 bits per heavy atom. The van der Waals surface area contributed by atoms with E-state index in [1.165, 1.54) is 0 Å². The van der Waals surface area contributed by atoms with Gasteiger partial charge in [-0.2, -0.15) is 0 Å². The summed E-state index contributed by atoms with van der Waals surface area (Å²) in [6, 6.07) is 0. The second-order valence-electron chi connectivity index (χ2n) is 0. The predicted molar refractivity (Wildman–Crippen MR) is 6.41 cm³/mol. The maximum atomic E-state index is 5.50.